The van der Waals surface area contributed by atoms with Crippen LogP contribution in [0.3, 0.4) is 0 Å². The average molecular weight is 302 g/mol. The fourth-order valence-electron chi connectivity index (χ4n) is 1.51. The Morgan fingerprint density at radius 2 is 2.29 bits per heavy atom. The quantitative estimate of drug-likeness (QED) is 0.929. The van der Waals surface area contributed by atoms with E-state index in [1.54, 1.807) is 0 Å². The van der Waals surface area contributed by atoms with E-state index in [1.807, 2.05) is 0 Å². The summed E-state index contributed by atoms with van der Waals surface area (Å²) in [5, 5.41) is 2.83. The molecule has 1 aliphatic carbocycles. The molecule has 0 aromatic heterocycles. The van der Waals surface area contributed by atoms with Gasteiger partial charge in [-0.15, -0.1) is 0 Å². The molecule has 0 unspecified atom stereocenters. The topological polar surface area (TPSA) is 38.3 Å². The molecule has 1 aliphatic rings. The van der Waals surface area contributed by atoms with E-state index in [1.165, 1.54) is 32.1 Å². The van der Waals surface area contributed by atoms with Crippen molar-refractivity contribution in [2.45, 2.75) is 12.8 Å². The van der Waals surface area contributed by atoms with Crippen LogP contribution < -0.4 is 10.1 Å². The molecule has 5 heteroatoms. The molecular weight excluding hydrogens is 289 g/mol. The summed E-state index contributed by atoms with van der Waals surface area (Å²) in [7, 11) is 1.37. The second-order valence-corrected chi connectivity index (χ2v) is 4.97. The number of hydrogen-bond acceptors (Lipinski definition) is 2. The molecular formula is C12H13BrFNO2. The van der Waals surface area contributed by atoms with Gasteiger partial charge < -0.3 is 10.1 Å². The molecule has 1 saturated carbocycles. The molecule has 0 aliphatic heterocycles. The van der Waals surface area contributed by atoms with Gasteiger partial charge in [0.15, 0.2) is 11.6 Å². The summed E-state index contributed by atoms with van der Waals surface area (Å²) in [6, 6.07) is 2.65. The van der Waals surface area contributed by atoms with E-state index in [0.29, 0.717) is 22.5 Å². The number of nitrogens with one attached hydrogen (secondary N) is 1. The van der Waals surface area contributed by atoms with E-state index >= 15 is 0 Å². The Hall–Kier alpha value is -1.10. The zero-order valence-corrected chi connectivity index (χ0v) is 11.0. The first kappa shape index (κ1) is 12.4. The van der Waals surface area contributed by atoms with Crippen molar-refractivity contribution in [2.75, 3.05) is 13.7 Å². The van der Waals surface area contributed by atoms with Crippen LogP contribution in [-0.2, 0) is 0 Å². The Balaban J connectivity index is 2.14. The fourth-order valence-corrected chi connectivity index (χ4v) is 2.01. The van der Waals surface area contributed by atoms with E-state index in [4.69, 9.17) is 4.74 Å². The van der Waals surface area contributed by atoms with E-state index in [2.05, 4.69) is 21.2 Å². The Labute approximate surface area is 107 Å². The number of amides is 1. The van der Waals surface area contributed by atoms with Crippen LogP contribution in [0.4, 0.5) is 4.39 Å². The molecule has 1 aromatic carbocycles. The molecule has 0 spiro atoms. The summed E-state index contributed by atoms with van der Waals surface area (Å²) in [5.74, 6) is -0.00923. The molecule has 0 atom stereocenters. The minimum Gasteiger partial charge on any atom is -0.494 e. The first-order valence-electron chi connectivity index (χ1n) is 5.43. The van der Waals surface area contributed by atoms with Gasteiger partial charge in [0, 0.05) is 11.0 Å². The monoisotopic (exact) mass is 301 g/mol. The van der Waals surface area contributed by atoms with Crippen LogP contribution in [0.1, 0.15) is 23.2 Å². The maximum atomic E-state index is 13.3. The van der Waals surface area contributed by atoms with Crippen molar-refractivity contribution in [3.8, 4) is 5.75 Å². The number of methoxy groups -OCH3 is 1. The lowest BCUT2D eigenvalue weighted by Gasteiger charge is -2.09. The van der Waals surface area contributed by atoms with E-state index in [-0.39, 0.29) is 11.7 Å². The fraction of sp³-hybridized carbons (Fsp3) is 0.417. The van der Waals surface area contributed by atoms with Gasteiger partial charge in [-0.05, 0) is 46.8 Å². The maximum Gasteiger partial charge on any atom is 0.252 e. The Bertz CT molecular complexity index is 446. The van der Waals surface area contributed by atoms with Crippen LogP contribution in [0, 0.1) is 11.7 Å². The predicted octanol–water partition coefficient (Wildman–Crippen LogP) is 2.74. The van der Waals surface area contributed by atoms with Gasteiger partial charge in [0.2, 0.25) is 0 Å². The number of hydrogen-bond donors (Lipinski definition) is 1. The van der Waals surface area contributed by atoms with Crippen LogP contribution in [0.25, 0.3) is 0 Å². The first-order valence-corrected chi connectivity index (χ1v) is 6.22. The third-order valence-electron chi connectivity index (χ3n) is 2.73. The maximum absolute atomic E-state index is 13.3. The van der Waals surface area contributed by atoms with Gasteiger partial charge in [0.05, 0.1) is 12.7 Å². The SMILES string of the molecule is COc1cc(C(=O)NCC2CC2)c(Br)cc1F. The number of rotatable bonds is 4. The normalized spacial score (nSPS) is 14.5. The molecule has 1 aromatic rings. The van der Waals surface area contributed by atoms with Crippen LogP contribution in [0.15, 0.2) is 16.6 Å². The van der Waals surface area contributed by atoms with Crippen molar-refractivity contribution in [1.82, 2.24) is 5.32 Å². The lowest BCUT2D eigenvalue weighted by atomic mass is 10.2. The highest BCUT2D eigenvalue weighted by molar-refractivity contribution is 9.10. The highest BCUT2D eigenvalue weighted by Crippen LogP contribution is 2.29. The average Bonchev–Trinajstić information content (AvgIpc) is 3.10. The zero-order chi connectivity index (χ0) is 12.4. The van der Waals surface area contributed by atoms with Gasteiger partial charge in [-0.3, -0.25) is 4.79 Å². The largest absolute Gasteiger partial charge is 0.494 e. The first-order chi connectivity index (χ1) is 8.11. The molecule has 1 fully saturated rings. The smallest absolute Gasteiger partial charge is 0.252 e. The van der Waals surface area contributed by atoms with Crippen LogP contribution in [0.2, 0.25) is 0 Å². The summed E-state index contributed by atoms with van der Waals surface area (Å²) in [5.41, 5.74) is 0.393. The van der Waals surface area contributed by atoms with Gasteiger partial charge in [-0.2, -0.15) is 0 Å². The van der Waals surface area contributed by atoms with Crippen LogP contribution in [0.5, 0.6) is 5.75 Å². The molecule has 0 saturated heterocycles. The lowest BCUT2D eigenvalue weighted by Crippen LogP contribution is -2.26. The summed E-state index contributed by atoms with van der Waals surface area (Å²) in [6.45, 7) is 0.685. The second-order valence-electron chi connectivity index (χ2n) is 4.12. The predicted molar refractivity (Wildman–Crippen MR) is 65.7 cm³/mol. The van der Waals surface area contributed by atoms with Gasteiger partial charge in [-0.1, -0.05) is 0 Å². The zero-order valence-electron chi connectivity index (χ0n) is 9.43. The lowest BCUT2D eigenvalue weighted by molar-refractivity contribution is 0.0950. The standard InChI is InChI=1S/C12H13BrFNO2/c1-17-11-4-8(9(13)5-10(11)14)12(16)15-6-7-2-3-7/h4-5,7H,2-3,6H2,1H3,(H,15,16). The third kappa shape index (κ3) is 2.97. The molecule has 2 rings (SSSR count). The summed E-state index contributed by atoms with van der Waals surface area (Å²) in [6.07, 6.45) is 2.35. The Morgan fingerprint density at radius 3 is 2.88 bits per heavy atom. The van der Waals surface area contributed by atoms with Crippen molar-refractivity contribution in [3.05, 3.63) is 28.0 Å². The van der Waals surface area contributed by atoms with Crippen LogP contribution in [-0.4, -0.2) is 19.6 Å². The Morgan fingerprint density at radius 1 is 1.59 bits per heavy atom. The van der Waals surface area contributed by atoms with Gasteiger partial charge in [0.25, 0.3) is 5.91 Å². The van der Waals surface area contributed by atoms with E-state index in [0.717, 1.165) is 0 Å². The second kappa shape index (κ2) is 5.04. The highest BCUT2D eigenvalue weighted by Gasteiger charge is 2.22. The van der Waals surface area contributed by atoms with Crippen molar-refractivity contribution in [3.63, 3.8) is 0 Å². The molecule has 3 nitrogen and oxygen atoms in total. The number of carbonyl (C=O) groups excluding carboxylic acids is 1. The molecule has 17 heavy (non-hydrogen) atoms. The van der Waals surface area contributed by atoms with Crippen molar-refractivity contribution in [1.29, 1.82) is 0 Å². The van der Waals surface area contributed by atoms with Crippen molar-refractivity contribution < 1.29 is 13.9 Å². The van der Waals surface area contributed by atoms with Crippen molar-refractivity contribution in [2.24, 2.45) is 5.92 Å². The van der Waals surface area contributed by atoms with Gasteiger partial charge in [-0.25, -0.2) is 4.39 Å². The van der Waals surface area contributed by atoms with Crippen LogP contribution >= 0.6 is 15.9 Å². The number of ether oxygens (including phenoxy) is 1. The number of carbonyl (C=O) groups is 1. The van der Waals surface area contributed by atoms with Gasteiger partial charge in [0.1, 0.15) is 0 Å². The Kier molecular flexibility index (Phi) is 3.66. The molecule has 0 radical (unpaired) electrons. The van der Waals surface area contributed by atoms with Gasteiger partial charge >= 0.3 is 0 Å². The third-order valence-corrected chi connectivity index (χ3v) is 3.39. The summed E-state index contributed by atoms with van der Waals surface area (Å²) < 4.78 is 18.6. The molecule has 92 valence electrons. The minimum atomic E-state index is -0.488. The number of halogens is 2. The summed E-state index contributed by atoms with van der Waals surface area (Å²) in [4.78, 5) is 11.9. The summed E-state index contributed by atoms with van der Waals surface area (Å²) >= 11 is 3.18. The van der Waals surface area contributed by atoms with Crippen molar-refractivity contribution >= 4 is 21.8 Å². The molecule has 0 heterocycles. The minimum absolute atomic E-state index is 0.0739. The molecule has 0 bridgehead atoms. The van der Waals surface area contributed by atoms with E-state index in [9.17, 15) is 9.18 Å². The molecule has 1 N–H and O–H groups in total. The van der Waals surface area contributed by atoms with E-state index < -0.39 is 5.82 Å². The molecule has 1 amide bonds. The highest BCUT2D eigenvalue weighted by atomic mass is 79.9. The number of benzene rings is 1.